The lowest BCUT2D eigenvalue weighted by atomic mass is 10.2. The largest absolute Gasteiger partial charge is 0.365 e. The molecule has 0 atom stereocenters. The molecule has 1 aromatic heterocycles. The first-order valence-corrected chi connectivity index (χ1v) is 6.15. The van der Waals surface area contributed by atoms with Crippen LogP contribution >= 0.6 is 15.9 Å². The number of hydrogen-bond acceptors (Lipinski definition) is 3. The van der Waals surface area contributed by atoms with Crippen molar-refractivity contribution in [3.05, 3.63) is 52.1 Å². The molecule has 1 aromatic carbocycles. The van der Waals surface area contributed by atoms with Crippen LogP contribution in [0.2, 0.25) is 0 Å². The number of carbonyl (C=O) groups is 1. The third kappa shape index (κ3) is 2.68. The molecule has 0 aliphatic rings. The number of nitrogens with one attached hydrogen (secondary N) is 1. The second-order valence-corrected chi connectivity index (χ2v) is 4.71. The number of nitrogens with two attached hydrogens (primary N) is 1. The molecule has 0 aliphatic carbocycles. The highest BCUT2D eigenvalue weighted by Gasteiger charge is 2.08. The van der Waals surface area contributed by atoms with Gasteiger partial charge in [0.15, 0.2) is 0 Å². The maximum Gasteiger partial charge on any atom is 0.252 e. The number of rotatable bonds is 3. The molecule has 5 heteroatoms. The van der Waals surface area contributed by atoms with E-state index < -0.39 is 5.91 Å². The smallest absolute Gasteiger partial charge is 0.252 e. The monoisotopic (exact) mass is 305 g/mol. The SMILES string of the molecule is Cc1cc(Nc2ncccc2C(N)=O)ccc1Br. The Balaban J connectivity index is 2.34. The van der Waals surface area contributed by atoms with Crippen molar-refractivity contribution >= 4 is 33.3 Å². The normalized spacial score (nSPS) is 10.1. The molecule has 1 amide bonds. The molecule has 0 radical (unpaired) electrons. The van der Waals surface area contributed by atoms with Gasteiger partial charge in [0.25, 0.3) is 5.91 Å². The van der Waals surface area contributed by atoms with Crippen LogP contribution in [0.4, 0.5) is 11.5 Å². The molecule has 0 aliphatic heterocycles. The van der Waals surface area contributed by atoms with Gasteiger partial charge in [-0.3, -0.25) is 4.79 Å². The molecule has 0 spiro atoms. The lowest BCUT2D eigenvalue weighted by Crippen LogP contribution is -2.14. The van der Waals surface area contributed by atoms with Gasteiger partial charge in [-0.05, 0) is 42.8 Å². The fraction of sp³-hybridized carbons (Fsp3) is 0.0769. The van der Waals surface area contributed by atoms with E-state index in [1.807, 2.05) is 25.1 Å². The van der Waals surface area contributed by atoms with Gasteiger partial charge in [-0.25, -0.2) is 4.98 Å². The first-order valence-electron chi connectivity index (χ1n) is 5.36. The number of benzene rings is 1. The first-order chi connectivity index (χ1) is 8.58. The zero-order valence-corrected chi connectivity index (χ0v) is 11.4. The standard InChI is InChI=1S/C13H12BrN3O/c1-8-7-9(4-5-11(8)14)17-13-10(12(15)18)3-2-6-16-13/h2-7H,1H3,(H2,15,18)(H,16,17). The molecule has 0 unspecified atom stereocenters. The summed E-state index contributed by atoms with van der Waals surface area (Å²) in [5, 5.41) is 3.09. The van der Waals surface area contributed by atoms with Crippen LogP contribution in [0.5, 0.6) is 0 Å². The lowest BCUT2D eigenvalue weighted by Gasteiger charge is -2.09. The number of nitrogens with zero attached hydrogens (tertiary/aromatic N) is 1. The van der Waals surface area contributed by atoms with E-state index in [1.165, 1.54) is 0 Å². The number of halogens is 1. The van der Waals surface area contributed by atoms with Crippen molar-refractivity contribution in [3.8, 4) is 0 Å². The van der Waals surface area contributed by atoms with Gasteiger partial charge in [0.05, 0.1) is 5.56 Å². The van der Waals surface area contributed by atoms with Crippen LogP contribution in [0.3, 0.4) is 0 Å². The van der Waals surface area contributed by atoms with E-state index in [-0.39, 0.29) is 0 Å². The van der Waals surface area contributed by atoms with E-state index in [2.05, 4.69) is 26.2 Å². The summed E-state index contributed by atoms with van der Waals surface area (Å²) in [5.41, 5.74) is 7.62. The van der Waals surface area contributed by atoms with E-state index in [1.54, 1.807) is 18.3 Å². The number of anilines is 2. The Morgan fingerprint density at radius 1 is 1.39 bits per heavy atom. The van der Waals surface area contributed by atoms with Crippen molar-refractivity contribution in [1.82, 2.24) is 4.98 Å². The fourth-order valence-electron chi connectivity index (χ4n) is 1.56. The van der Waals surface area contributed by atoms with Crippen LogP contribution < -0.4 is 11.1 Å². The van der Waals surface area contributed by atoms with Crippen LogP contribution in [0.1, 0.15) is 15.9 Å². The summed E-state index contributed by atoms with van der Waals surface area (Å²) in [6.45, 7) is 1.99. The molecule has 3 N–H and O–H groups in total. The molecule has 2 rings (SSSR count). The molecule has 0 bridgehead atoms. The molecular formula is C13H12BrN3O. The molecular weight excluding hydrogens is 294 g/mol. The van der Waals surface area contributed by atoms with E-state index >= 15 is 0 Å². The van der Waals surface area contributed by atoms with E-state index in [9.17, 15) is 4.79 Å². The first kappa shape index (κ1) is 12.6. The number of amides is 1. The Labute approximate surface area is 113 Å². The van der Waals surface area contributed by atoms with Crippen molar-refractivity contribution in [1.29, 1.82) is 0 Å². The summed E-state index contributed by atoms with van der Waals surface area (Å²) in [6, 6.07) is 9.12. The molecule has 92 valence electrons. The number of aryl methyl sites for hydroxylation is 1. The summed E-state index contributed by atoms with van der Waals surface area (Å²) in [5.74, 6) is -0.0360. The van der Waals surface area contributed by atoms with Crippen molar-refractivity contribution in [2.45, 2.75) is 6.92 Å². The maximum atomic E-state index is 11.3. The van der Waals surface area contributed by atoms with Gasteiger partial charge >= 0.3 is 0 Å². The van der Waals surface area contributed by atoms with Crippen LogP contribution in [0.15, 0.2) is 41.0 Å². The minimum atomic E-state index is -0.501. The number of primary amides is 1. The predicted molar refractivity (Wildman–Crippen MR) is 74.9 cm³/mol. The highest BCUT2D eigenvalue weighted by molar-refractivity contribution is 9.10. The Morgan fingerprint density at radius 2 is 2.17 bits per heavy atom. The zero-order chi connectivity index (χ0) is 13.1. The van der Waals surface area contributed by atoms with Gasteiger partial charge in [-0.15, -0.1) is 0 Å². The molecule has 18 heavy (non-hydrogen) atoms. The fourth-order valence-corrected chi connectivity index (χ4v) is 1.81. The van der Waals surface area contributed by atoms with Crippen LogP contribution in [-0.2, 0) is 0 Å². The Bertz CT molecular complexity index is 599. The molecule has 0 saturated carbocycles. The minimum absolute atomic E-state index is 0.373. The van der Waals surface area contributed by atoms with E-state index in [0.29, 0.717) is 11.4 Å². The summed E-state index contributed by atoms with van der Waals surface area (Å²) in [4.78, 5) is 15.4. The number of pyridine rings is 1. The molecule has 0 saturated heterocycles. The molecule has 1 heterocycles. The van der Waals surface area contributed by atoms with Gasteiger partial charge in [-0.2, -0.15) is 0 Å². The molecule has 4 nitrogen and oxygen atoms in total. The maximum absolute atomic E-state index is 11.3. The summed E-state index contributed by atoms with van der Waals surface area (Å²) >= 11 is 3.43. The second kappa shape index (κ2) is 5.18. The predicted octanol–water partition coefficient (Wildman–Crippen LogP) is 3.00. The van der Waals surface area contributed by atoms with Crippen LogP contribution in [-0.4, -0.2) is 10.9 Å². The van der Waals surface area contributed by atoms with Gasteiger partial charge in [0.1, 0.15) is 5.82 Å². The van der Waals surface area contributed by atoms with Gasteiger partial charge in [0, 0.05) is 16.4 Å². The van der Waals surface area contributed by atoms with Gasteiger partial charge < -0.3 is 11.1 Å². The number of aromatic nitrogens is 1. The van der Waals surface area contributed by atoms with E-state index in [4.69, 9.17) is 5.73 Å². The van der Waals surface area contributed by atoms with Crippen LogP contribution in [0.25, 0.3) is 0 Å². The van der Waals surface area contributed by atoms with Crippen LogP contribution in [0, 0.1) is 6.92 Å². The second-order valence-electron chi connectivity index (χ2n) is 3.85. The minimum Gasteiger partial charge on any atom is -0.365 e. The van der Waals surface area contributed by atoms with Crippen molar-refractivity contribution < 1.29 is 4.79 Å². The van der Waals surface area contributed by atoms with Crippen molar-refractivity contribution in [2.24, 2.45) is 5.73 Å². The Morgan fingerprint density at radius 3 is 2.83 bits per heavy atom. The van der Waals surface area contributed by atoms with Gasteiger partial charge in [-0.1, -0.05) is 15.9 Å². The van der Waals surface area contributed by atoms with Crippen molar-refractivity contribution in [3.63, 3.8) is 0 Å². The molecule has 2 aromatic rings. The third-order valence-electron chi connectivity index (χ3n) is 2.49. The molecule has 0 fully saturated rings. The topological polar surface area (TPSA) is 68.0 Å². The van der Waals surface area contributed by atoms with Crippen molar-refractivity contribution in [2.75, 3.05) is 5.32 Å². The lowest BCUT2D eigenvalue weighted by molar-refractivity contribution is 0.100. The van der Waals surface area contributed by atoms with Gasteiger partial charge in [0.2, 0.25) is 0 Å². The summed E-state index contributed by atoms with van der Waals surface area (Å²) < 4.78 is 1.03. The summed E-state index contributed by atoms with van der Waals surface area (Å²) in [7, 11) is 0. The Hall–Kier alpha value is -1.88. The quantitative estimate of drug-likeness (QED) is 0.916. The zero-order valence-electron chi connectivity index (χ0n) is 9.77. The average molecular weight is 306 g/mol. The summed E-state index contributed by atoms with van der Waals surface area (Å²) in [6.07, 6.45) is 1.61. The number of carbonyl (C=O) groups excluding carboxylic acids is 1. The number of hydrogen-bond donors (Lipinski definition) is 2. The highest BCUT2D eigenvalue weighted by Crippen LogP contribution is 2.23. The highest BCUT2D eigenvalue weighted by atomic mass is 79.9. The average Bonchev–Trinajstić information content (AvgIpc) is 2.34. The van der Waals surface area contributed by atoms with E-state index in [0.717, 1.165) is 15.7 Å². The third-order valence-corrected chi connectivity index (χ3v) is 3.38. The Kier molecular flexibility index (Phi) is 3.62.